The van der Waals surface area contributed by atoms with Crippen LogP contribution in [-0.2, 0) is 9.59 Å². The number of anilines is 1. The van der Waals surface area contributed by atoms with Gasteiger partial charge >= 0.3 is 11.8 Å². The van der Waals surface area contributed by atoms with Crippen molar-refractivity contribution in [3.8, 4) is 11.5 Å². The van der Waals surface area contributed by atoms with E-state index in [1.165, 1.54) is 13.3 Å². The quantitative estimate of drug-likeness (QED) is 0.495. The minimum Gasteiger partial charge on any atom is -0.497 e. The molecule has 2 amide bonds. The van der Waals surface area contributed by atoms with Crippen LogP contribution in [-0.4, -0.2) is 32.2 Å². The lowest BCUT2D eigenvalue weighted by molar-refractivity contribution is -0.136. The maximum Gasteiger partial charge on any atom is 0.329 e. The maximum atomic E-state index is 11.9. The lowest BCUT2D eigenvalue weighted by atomic mass is 10.2. The molecular formula is C18H19N3O4. The molecule has 2 rings (SSSR count). The summed E-state index contributed by atoms with van der Waals surface area (Å²) in [4.78, 5) is 23.7. The summed E-state index contributed by atoms with van der Waals surface area (Å²) in [5, 5.41) is 6.31. The average molecular weight is 341 g/mol. The highest BCUT2D eigenvalue weighted by atomic mass is 16.5. The Morgan fingerprint density at radius 1 is 1.04 bits per heavy atom. The Bertz CT molecular complexity index is 803. The van der Waals surface area contributed by atoms with Gasteiger partial charge in [-0.15, -0.1) is 0 Å². The third-order valence-electron chi connectivity index (χ3n) is 3.41. The Labute approximate surface area is 145 Å². The number of hydrogen-bond acceptors (Lipinski definition) is 5. The summed E-state index contributed by atoms with van der Waals surface area (Å²) in [5.41, 5.74) is 4.24. The van der Waals surface area contributed by atoms with E-state index in [2.05, 4.69) is 15.8 Å². The van der Waals surface area contributed by atoms with Gasteiger partial charge in [0, 0.05) is 17.3 Å². The summed E-state index contributed by atoms with van der Waals surface area (Å²) in [6.07, 6.45) is 1.39. The number of rotatable bonds is 5. The number of hydrogen-bond donors (Lipinski definition) is 2. The highest BCUT2D eigenvalue weighted by Gasteiger charge is 2.13. The first-order valence-corrected chi connectivity index (χ1v) is 7.47. The van der Waals surface area contributed by atoms with Crippen molar-refractivity contribution in [1.82, 2.24) is 5.43 Å². The Balaban J connectivity index is 1.98. The molecule has 2 aromatic carbocycles. The molecule has 0 spiro atoms. The third-order valence-corrected chi connectivity index (χ3v) is 3.41. The van der Waals surface area contributed by atoms with Crippen molar-refractivity contribution in [2.45, 2.75) is 6.92 Å². The molecule has 0 heterocycles. The van der Waals surface area contributed by atoms with Gasteiger partial charge in [0.2, 0.25) is 0 Å². The van der Waals surface area contributed by atoms with E-state index in [1.54, 1.807) is 37.4 Å². The lowest BCUT2D eigenvalue weighted by Crippen LogP contribution is -2.32. The van der Waals surface area contributed by atoms with Crippen LogP contribution < -0.4 is 20.2 Å². The summed E-state index contributed by atoms with van der Waals surface area (Å²) >= 11 is 0. The van der Waals surface area contributed by atoms with Crippen LogP contribution in [0.5, 0.6) is 11.5 Å². The minimum atomic E-state index is -0.869. The Hall–Kier alpha value is -3.35. The maximum absolute atomic E-state index is 11.9. The number of carbonyl (C=O) groups is 2. The van der Waals surface area contributed by atoms with Crippen molar-refractivity contribution in [3.63, 3.8) is 0 Å². The first kappa shape index (κ1) is 18.0. The summed E-state index contributed by atoms with van der Waals surface area (Å²) < 4.78 is 10.3. The molecule has 2 aromatic rings. The zero-order valence-electron chi connectivity index (χ0n) is 14.2. The number of methoxy groups -OCH3 is 2. The second-order valence-corrected chi connectivity index (χ2v) is 5.08. The van der Waals surface area contributed by atoms with E-state index >= 15 is 0 Å². The van der Waals surface area contributed by atoms with Gasteiger partial charge < -0.3 is 14.8 Å². The van der Waals surface area contributed by atoms with E-state index < -0.39 is 11.8 Å². The normalized spacial score (nSPS) is 10.4. The second-order valence-electron chi connectivity index (χ2n) is 5.08. The molecule has 2 N–H and O–H groups in total. The van der Waals surface area contributed by atoms with E-state index in [4.69, 9.17) is 9.47 Å². The predicted octanol–water partition coefficient (Wildman–Crippen LogP) is 2.10. The van der Waals surface area contributed by atoms with Crippen LogP contribution in [0.15, 0.2) is 47.6 Å². The largest absolute Gasteiger partial charge is 0.497 e. The third kappa shape index (κ3) is 4.81. The van der Waals surface area contributed by atoms with Gasteiger partial charge in [-0.2, -0.15) is 5.10 Å². The monoisotopic (exact) mass is 341 g/mol. The number of para-hydroxylation sites is 1. The molecular weight excluding hydrogens is 322 g/mol. The Morgan fingerprint density at radius 2 is 1.80 bits per heavy atom. The van der Waals surface area contributed by atoms with Gasteiger partial charge in [0.15, 0.2) is 0 Å². The Kier molecular flexibility index (Phi) is 6.11. The number of benzene rings is 2. The number of carbonyl (C=O) groups excluding carboxylic acids is 2. The van der Waals surface area contributed by atoms with Crippen LogP contribution in [0.2, 0.25) is 0 Å². The van der Waals surface area contributed by atoms with Crippen molar-refractivity contribution in [2.75, 3.05) is 19.5 Å². The molecule has 7 nitrogen and oxygen atoms in total. The molecule has 0 saturated carbocycles. The summed E-state index contributed by atoms with van der Waals surface area (Å²) in [5.74, 6) is -0.502. The van der Waals surface area contributed by atoms with Crippen LogP contribution in [0.1, 0.15) is 11.1 Å². The number of nitrogens with one attached hydrogen (secondary N) is 2. The number of aryl methyl sites for hydroxylation is 1. The highest BCUT2D eigenvalue weighted by Crippen LogP contribution is 2.22. The average Bonchev–Trinajstić information content (AvgIpc) is 2.63. The van der Waals surface area contributed by atoms with E-state index in [0.29, 0.717) is 22.7 Å². The number of hydrazone groups is 1. The van der Waals surface area contributed by atoms with Crippen molar-refractivity contribution >= 4 is 23.7 Å². The van der Waals surface area contributed by atoms with E-state index in [9.17, 15) is 9.59 Å². The smallest absolute Gasteiger partial charge is 0.329 e. The first-order chi connectivity index (χ1) is 12.0. The van der Waals surface area contributed by atoms with Gasteiger partial charge in [0.1, 0.15) is 11.5 Å². The van der Waals surface area contributed by atoms with Crippen LogP contribution in [0, 0.1) is 6.92 Å². The fraction of sp³-hybridized carbons (Fsp3) is 0.167. The van der Waals surface area contributed by atoms with Crippen LogP contribution in [0.4, 0.5) is 5.69 Å². The van der Waals surface area contributed by atoms with Gasteiger partial charge in [-0.05, 0) is 30.7 Å². The molecule has 0 aliphatic rings. The molecule has 130 valence electrons. The summed E-state index contributed by atoms with van der Waals surface area (Å²) in [7, 11) is 3.07. The molecule has 7 heteroatoms. The van der Waals surface area contributed by atoms with Crippen LogP contribution >= 0.6 is 0 Å². The number of amides is 2. The molecule has 0 atom stereocenters. The highest BCUT2D eigenvalue weighted by molar-refractivity contribution is 6.39. The van der Waals surface area contributed by atoms with Crippen molar-refractivity contribution < 1.29 is 19.1 Å². The van der Waals surface area contributed by atoms with E-state index in [0.717, 1.165) is 5.56 Å². The SMILES string of the molecule is COc1ccc(/C=N/NC(=O)C(=O)Nc2ccccc2C)c(OC)c1. The first-order valence-electron chi connectivity index (χ1n) is 7.47. The van der Waals surface area contributed by atoms with Crippen LogP contribution in [0.25, 0.3) is 0 Å². The molecule has 0 fully saturated rings. The van der Waals surface area contributed by atoms with Gasteiger partial charge in [0.05, 0.1) is 20.4 Å². The summed E-state index contributed by atoms with van der Waals surface area (Å²) in [6, 6.07) is 12.3. The number of nitrogens with zero attached hydrogens (tertiary/aromatic N) is 1. The van der Waals surface area contributed by atoms with E-state index in [1.807, 2.05) is 19.1 Å². The molecule has 0 aliphatic carbocycles. The van der Waals surface area contributed by atoms with E-state index in [-0.39, 0.29) is 0 Å². The molecule has 0 unspecified atom stereocenters. The van der Waals surface area contributed by atoms with Crippen LogP contribution in [0.3, 0.4) is 0 Å². The fourth-order valence-electron chi connectivity index (χ4n) is 2.03. The molecule has 0 bridgehead atoms. The van der Waals surface area contributed by atoms with Crippen molar-refractivity contribution in [1.29, 1.82) is 0 Å². The standard InChI is InChI=1S/C18H19N3O4/c1-12-6-4-5-7-15(12)20-17(22)18(23)21-19-11-13-8-9-14(24-2)10-16(13)25-3/h4-11H,1-3H3,(H,20,22)(H,21,23)/b19-11+. The van der Waals surface area contributed by atoms with Gasteiger partial charge in [-0.3, -0.25) is 9.59 Å². The number of ether oxygens (including phenoxy) is 2. The zero-order chi connectivity index (χ0) is 18.2. The predicted molar refractivity (Wildman–Crippen MR) is 95.1 cm³/mol. The van der Waals surface area contributed by atoms with Gasteiger partial charge in [0.25, 0.3) is 0 Å². The molecule has 0 saturated heterocycles. The van der Waals surface area contributed by atoms with Crippen molar-refractivity contribution in [3.05, 3.63) is 53.6 Å². The molecule has 25 heavy (non-hydrogen) atoms. The topological polar surface area (TPSA) is 89.0 Å². The molecule has 0 aliphatic heterocycles. The van der Waals surface area contributed by atoms with Gasteiger partial charge in [-0.1, -0.05) is 18.2 Å². The molecule has 0 aromatic heterocycles. The fourth-order valence-corrected chi connectivity index (χ4v) is 2.03. The lowest BCUT2D eigenvalue weighted by Gasteiger charge is -2.07. The van der Waals surface area contributed by atoms with Crippen molar-refractivity contribution in [2.24, 2.45) is 5.10 Å². The summed E-state index contributed by atoms with van der Waals surface area (Å²) in [6.45, 7) is 1.83. The van der Waals surface area contributed by atoms with Gasteiger partial charge in [-0.25, -0.2) is 5.43 Å². The zero-order valence-corrected chi connectivity index (χ0v) is 14.2. The minimum absolute atomic E-state index is 0.529. The Morgan fingerprint density at radius 3 is 2.48 bits per heavy atom. The molecule has 0 radical (unpaired) electrons. The second kappa shape index (κ2) is 8.49.